The number of hydrogen-bond acceptors (Lipinski definition) is 0. The largest absolute Gasteiger partial charge is 0.353 e. The molecule has 2 heterocycles. The van der Waals surface area contributed by atoms with Crippen molar-refractivity contribution in [2.75, 3.05) is 0 Å². The van der Waals surface area contributed by atoms with E-state index in [9.17, 15) is 0 Å². The first-order valence-electron chi connectivity index (χ1n) is 6.92. The number of fused-ring (bicyclic) bond motifs is 7. The van der Waals surface area contributed by atoms with E-state index in [1.54, 1.807) is 0 Å². The van der Waals surface area contributed by atoms with Crippen molar-refractivity contribution in [2.24, 2.45) is 0 Å². The number of para-hydroxylation sites is 1. The Labute approximate surface area is 125 Å². The topological polar surface area (TPSA) is 31.6 Å². The summed E-state index contributed by atoms with van der Waals surface area (Å²) >= 11 is 6.10. The van der Waals surface area contributed by atoms with Gasteiger partial charge in [0.2, 0.25) is 0 Å². The molecule has 0 aliphatic heterocycles. The highest BCUT2D eigenvalue weighted by molar-refractivity contribution is 6.32. The predicted molar refractivity (Wildman–Crippen MR) is 90.2 cm³/mol. The van der Waals surface area contributed by atoms with E-state index >= 15 is 0 Å². The van der Waals surface area contributed by atoms with Crippen molar-refractivity contribution in [2.45, 2.75) is 0 Å². The van der Waals surface area contributed by atoms with Crippen LogP contribution in [0.3, 0.4) is 0 Å². The van der Waals surface area contributed by atoms with Crippen LogP contribution >= 0.6 is 11.6 Å². The van der Waals surface area contributed by atoms with Gasteiger partial charge in [-0.1, -0.05) is 48.0 Å². The van der Waals surface area contributed by atoms with Crippen LogP contribution in [0.5, 0.6) is 0 Å². The highest BCUT2D eigenvalue weighted by Gasteiger charge is 2.11. The van der Waals surface area contributed by atoms with Crippen LogP contribution < -0.4 is 0 Å². The average molecular weight is 291 g/mol. The molecule has 5 aromatic rings. The van der Waals surface area contributed by atoms with Crippen LogP contribution in [0.25, 0.3) is 43.6 Å². The molecule has 0 aliphatic carbocycles. The Kier molecular flexibility index (Phi) is 2.04. The van der Waals surface area contributed by atoms with Crippen LogP contribution in [0, 0.1) is 0 Å². The fourth-order valence-electron chi connectivity index (χ4n) is 3.26. The van der Waals surface area contributed by atoms with Crippen molar-refractivity contribution < 1.29 is 0 Å². The highest BCUT2D eigenvalue weighted by atomic mass is 35.5. The molecule has 3 heteroatoms. The number of hydrogen-bond donors (Lipinski definition) is 2. The van der Waals surface area contributed by atoms with Gasteiger partial charge < -0.3 is 9.97 Å². The summed E-state index contributed by atoms with van der Waals surface area (Å²) in [6.45, 7) is 0. The van der Waals surface area contributed by atoms with Crippen molar-refractivity contribution >= 4 is 55.2 Å². The Morgan fingerprint density at radius 3 is 2.05 bits per heavy atom. The Hall–Kier alpha value is -2.45. The monoisotopic (exact) mass is 290 g/mol. The molecule has 3 aromatic carbocycles. The van der Waals surface area contributed by atoms with Crippen LogP contribution in [0.15, 0.2) is 54.6 Å². The Bertz CT molecular complexity index is 1150. The van der Waals surface area contributed by atoms with Crippen LogP contribution in [0.4, 0.5) is 0 Å². The van der Waals surface area contributed by atoms with Crippen LogP contribution in [0.1, 0.15) is 0 Å². The van der Waals surface area contributed by atoms with Crippen LogP contribution in [-0.2, 0) is 0 Å². The third kappa shape index (κ3) is 1.43. The summed E-state index contributed by atoms with van der Waals surface area (Å²) in [7, 11) is 0. The minimum atomic E-state index is 0.752. The van der Waals surface area contributed by atoms with E-state index in [1.807, 2.05) is 12.1 Å². The number of halogens is 1. The molecule has 2 N–H and O–H groups in total. The summed E-state index contributed by atoms with van der Waals surface area (Å²) in [4.78, 5) is 7.04. The molecular weight excluding hydrogens is 280 g/mol. The lowest BCUT2D eigenvalue weighted by molar-refractivity contribution is 1.51. The molecule has 21 heavy (non-hydrogen) atoms. The Morgan fingerprint density at radius 2 is 1.24 bits per heavy atom. The van der Waals surface area contributed by atoms with Gasteiger partial charge in [-0.3, -0.25) is 0 Å². The first-order valence-corrected chi connectivity index (χ1v) is 7.29. The van der Waals surface area contributed by atoms with Gasteiger partial charge in [-0.05, 0) is 18.2 Å². The van der Waals surface area contributed by atoms with E-state index in [-0.39, 0.29) is 0 Å². The number of aromatic nitrogens is 2. The molecule has 0 atom stereocenters. The standard InChI is InChI=1S/C18H11ClN2/c19-10-5-6-12-14-8-7-13-11-3-1-2-4-15(11)20-17(13)18(14)21-16(12)9-10/h1-9,20-21H. The maximum absolute atomic E-state index is 6.10. The van der Waals surface area contributed by atoms with Gasteiger partial charge >= 0.3 is 0 Å². The minimum Gasteiger partial charge on any atom is -0.353 e. The molecule has 0 aliphatic rings. The third-order valence-electron chi connectivity index (χ3n) is 4.21. The SMILES string of the molecule is Clc1ccc2c(c1)[nH]c1c2ccc2c3ccccc3[nH]c21. The lowest BCUT2D eigenvalue weighted by atomic mass is 10.1. The summed E-state index contributed by atoms with van der Waals surface area (Å²) < 4.78 is 0. The normalized spacial score (nSPS) is 12.0. The molecule has 0 saturated heterocycles. The molecule has 0 fully saturated rings. The lowest BCUT2D eigenvalue weighted by Gasteiger charge is -1.94. The molecule has 0 amide bonds. The van der Waals surface area contributed by atoms with E-state index in [0.717, 1.165) is 27.1 Å². The van der Waals surface area contributed by atoms with Gasteiger partial charge in [-0.25, -0.2) is 0 Å². The van der Waals surface area contributed by atoms with Gasteiger partial charge in [-0.15, -0.1) is 0 Å². The van der Waals surface area contributed by atoms with Gasteiger partial charge in [0.25, 0.3) is 0 Å². The van der Waals surface area contributed by atoms with Crippen molar-refractivity contribution in [3.05, 3.63) is 59.6 Å². The van der Waals surface area contributed by atoms with Crippen molar-refractivity contribution in [3.8, 4) is 0 Å². The second kappa shape index (κ2) is 3.80. The second-order valence-corrected chi connectivity index (χ2v) is 5.83. The molecule has 2 aromatic heterocycles. The summed E-state index contributed by atoms with van der Waals surface area (Å²) in [6, 6.07) is 18.8. The van der Waals surface area contributed by atoms with E-state index in [4.69, 9.17) is 11.6 Å². The molecular formula is C18H11ClN2. The summed E-state index contributed by atoms with van der Waals surface area (Å²) in [6.07, 6.45) is 0. The maximum atomic E-state index is 6.10. The zero-order valence-corrected chi connectivity index (χ0v) is 11.8. The van der Waals surface area contributed by atoms with E-state index in [1.165, 1.54) is 21.5 Å². The van der Waals surface area contributed by atoms with Crippen LogP contribution in [0.2, 0.25) is 5.02 Å². The number of H-pyrrole nitrogens is 2. The van der Waals surface area contributed by atoms with E-state index in [2.05, 4.69) is 52.4 Å². The zero-order valence-electron chi connectivity index (χ0n) is 11.1. The highest BCUT2D eigenvalue weighted by Crippen LogP contribution is 2.35. The predicted octanol–water partition coefficient (Wildman–Crippen LogP) is 5.61. The van der Waals surface area contributed by atoms with Crippen LogP contribution in [-0.4, -0.2) is 9.97 Å². The summed E-state index contributed by atoms with van der Waals surface area (Å²) in [5, 5.41) is 5.68. The number of rotatable bonds is 0. The maximum Gasteiger partial charge on any atom is 0.0710 e. The molecule has 2 nitrogen and oxygen atoms in total. The third-order valence-corrected chi connectivity index (χ3v) is 4.45. The minimum absolute atomic E-state index is 0.752. The van der Waals surface area contributed by atoms with Gasteiger partial charge in [0.05, 0.1) is 11.0 Å². The Balaban J connectivity index is 2.06. The molecule has 0 radical (unpaired) electrons. The molecule has 0 bridgehead atoms. The smallest absolute Gasteiger partial charge is 0.0710 e. The molecule has 100 valence electrons. The molecule has 0 spiro atoms. The van der Waals surface area contributed by atoms with Gasteiger partial charge in [-0.2, -0.15) is 0 Å². The zero-order chi connectivity index (χ0) is 14.0. The lowest BCUT2D eigenvalue weighted by Crippen LogP contribution is -1.72. The number of aromatic amines is 2. The Morgan fingerprint density at radius 1 is 0.619 bits per heavy atom. The van der Waals surface area contributed by atoms with Crippen molar-refractivity contribution in [1.29, 1.82) is 0 Å². The fourth-order valence-corrected chi connectivity index (χ4v) is 3.43. The van der Waals surface area contributed by atoms with Crippen molar-refractivity contribution in [3.63, 3.8) is 0 Å². The average Bonchev–Trinajstić information content (AvgIpc) is 3.04. The van der Waals surface area contributed by atoms with Gasteiger partial charge in [0, 0.05) is 37.6 Å². The van der Waals surface area contributed by atoms with Crippen molar-refractivity contribution in [1.82, 2.24) is 9.97 Å². The van der Waals surface area contributed by atoms with Gasteiger partial charge in [0.1, 0.15) is 0 Å². The molecule has 0 unspecified atom stereocenters. The number of nitrogens with one attached hydrogen (secondary N) is 2. The first-order chi connectivity index (χ1) is 10.3. The molecule has 0 saturated carbocycles. The second-order valence-electron chi connectivity index (χ2n) is 5.40. The summed E-state index contributed by atoms with van der Waals surface area (Å²) in [5.41, 5.74) is 4.53. The first kappa shape index (κ1) is 11.2. The summed E-state index contributed by atoms with van der Waals surface area (Å²) in [5.74, 6) is 0. The molecule has 5 rings (SSSR count). The van der Waals surface area contributed by atoms with Gasteiger partial charge in [0.15, 0.2) is 0 Å². The van der Waals surface area contributed by atoms with E-state index < -0.39 is 0 Å². The number of benzene rings is 3. The van der Waals surface area contributed by atoms with E-state index in [0.29, 0.717) is 0 Å². The quantitative estimate of drug-likeness (QED) is 0.371. The fraction of sp³-hybridized carbons (Fsp3) is 0.